The molecule has 0 radical (unpaired) electrons. The van der Waals surface area contributed by atoms with E-state index in [1.807, 2.05) is 25.1 Å². The highest BCUT2D eigenvalue weighted by molar-refractivity contribution is 6.07. The molecule has 9 heteroatoms. The molecular weight excluding hydrogens is 481 g/mol. The van der Waals surface area contributed by atoms with Crippen LogP contribution < -0.4 is 5.56 Å². The second-order valence-electron chi connectivity index (χ2n) is 8.82. The quantitative estimate of drug-likeness (QED) is 0.207. The molecule has 5 aromatic rings. The number of carbonyl (C=O) groups is 1. The van der Waals surface area contributed by atoms with Gasteiger partial charge in [-0.25, -0.2) is 4.98 Å². The first-order valence-electron chi connectivity index (χ1n) is 11.6. The van der Waals surface area contributed by atoms with E-state index in [9.17, 15) is 22.8 Å². The average molecular weight is 502 g/mol. The summed E-state index contributed by atoms with van der Waals surface area (Å²) in [6.07, 6.45) is 2.49. The van der Waals surface area contributed by atoms with E-state index in [4.69, 9.17) is 0 Å². The molecule has 5 rings (SSSR count). The second kappa shape index (κ2) is 9.57. The van der Waals surface area contributed by atoms with Crippen LogP contribution in [-0.2, 0) is 6.18 Å². The average Bonchev–Trinajstić information content (AvgIpc) is 2.92. The number of benzene rings is 1. The van der Waals surface area contributed by atoms with Crippen molar-refractivity contribution in [1.82, 2.24) is 19.5 Å². The van der Waals surface area contributed by atoms with Crippen LogP contribution in [0.1, 0.15) is 47.3 Å². The zero-order chi connectivity index (χ0) is 26.2. The molecule has 0 amide bonds. The van der Waals surface area contributed by atoms with Gasteiger partial charge in [0.1, 0.15) is 5.65 Å². The number of ketones is 1. The molecule has 4 aromatic heterocycles. The lowest BCUT2D eigenvalue weighted by molar-refractivity contribution is -0.137. The van der Waals surface area contributed by atoms with Crippen LogP contribution in [0.3, 0.4) is 0 Å². The van der Waals surface area contributed by atoms with Crippen LogP contribution in [0.5, 0.6) is 0 Å². The number of nitrogens with zero attached hydrogens (tertiary/aromatic N) is 4. The summed E-state index contributed by atoms with van der Waals surface area (Å²) in [5.41, 5.74) is 0.481. The standard InChI is InChI=1S/C28H21F3N4O2/c1-17(24-4-2-3-12-33-24)5-10-25(36)18-14-22-23-16-32-13-11-21(23)27(37)35(26(22)34-15-18)20-8-6-19(7-9-20)28(29,30)31/h2-4,6-9,11-17H,5,10H2,1H3/t17-/m1/s1. The highest BCUT2D eigenvalue weighted by atomic mass is 19.4. The Morgan fingerprint density at radius 1 is 0.946 bits per heavy atom. The maximum absolute atomic E-state index is 13.4. The fourth-order valence-corrected chi connectivity index (χ4v) is 4.34. The van der Waals surface area contributed by atoms with Crippen molar-refractivity contribution in [3.8, 4) is 5.69 Å². The molecule has 0 aliphatic carbocycles. The predicted molar refractivity (Wildman–Crippen MR) is 134 cm³/mol. The van der Waals surface area contributed by atoms with Crippen molar-refractivity contribution in [1.29, 1.82) is 0 Å². The summed E-state index contributed by atoms with van der Waals surface area (Å²) in [5, 5.41) is 1.33. The number of Topliss-reactive ketones (excluding diaryl/α,β-unsaturated/α-hetero) is 1. The Kier molecular flexibility index (Phi) is 6.29. The summed E-state index contributed by atoms with van der Waals surface area (Å²) in [7, 11) is 0. The molecule has 1 aromatic carbocycles. The summed E-state index contributed by atoms with van der Waals surface area (Å²) < 4.78 is 40.5. The number of hydrogen-bond acceptors (Lipinski definition) is 5. The van der Waals surface area contributed by atoms with Gasteiger partial charge < -0.3 is 0 Å². The zero-order valence-electron chi connectivity index (χ0n) is 19.7. The highest BCUT2D eigenvalue weighted by Gasteiger charge is 2.30. The van der Waals surface area contributed by atoms with Crippen molar-refractivity contribution in [3.63, 3.8) is 0 Å². The first kappa shape index (κ1) is 24.3. The second-order valence-corrected chi connectivity index (χ2v) is 8.82. The number of aromatic nitrogens is 4. The topological polar surface area (TPSA) is 77.7 Å². The summed E-state index contributed by atoms with van der Waals surface area (Å²) in [6, 6.07) is 13.2. The van der Waals surface area contributed by atoms with Gasteiger partial charge in [-0.1, -0.05) is 13.0 Å². The first-order valence-corrected chi connectivity index (χ1v) is 11.6. The summed E-state index contributed by atoms with van der Waals surface area (Å²) >= 11 is 0. The molecular formula is C28H21F3N4O2. The van der Waals surface area contributed by atoms with Crippen LogP contribution in [0.4, 0.5) is 13.2 Å². The molecule has 0 saturated carbocycles. The third-order valence-electron chi connectivity index (χ3n) is 6.40. The van der Waals surface area contributed by atoms with Crippen molar-refractivity contribution in [2.75, 3.05) is 0 Å². The van der Waals surface area contributed by atoms with Crippen LogP contribution in [0, 0.1) is 0 Å². The van der Waals surface area contributed by atoms with Gasteiger partial charge in [-0.05, 0) is 60.9 Å². The zero-order valence-corrected chi connectivity index (χ0v) is 19.7. The third-order valence-corrected chi connectivity index (χ3v) is 6.40. The molecule has 0 aliphatic rings. The lowest BCUT2D eigenvalue weighted by atomic mass is 9.97. The molecule has 0 unspecified atom stereocenters. The van der Waals surface area contributed by atoms with E-state index >= 15 is 0 Å². The monoisotopic (exact) mass is 502 g/mol. The van der Waals surface area contributed by atoms with Crippen LogP contribution >= 0.6 is 0 Å². The van der Waals surface area contributed by atoms with Gasteiger partial charge >= 0.3 is 6.18 Å². The Hall–Kier alpha value is -4.40. The summed E-state index contributed by atoms with van der Waals surface area (Å²) in [6.45, 7) is 2.01. The Labute approximate surface area is 209 Å². The number of carbonyl (C=O) groups excluding carboxylic acids is 1. The highest BCUT2D eigenvalue weighted by Crippen LogP contribution is 2.31. The fraction of sp³-hybridized carbons (Fsp3) is 0.179. The van der Waals surface area contributed by atoms with E-state index in [-0.39, 0.29) is 29.5 Å². The molecule has 0 N–H and O–H groups in total. The van der Waals surface area contributed by atoms with Gasteiger partial charge in [-0.3, -0.25) is 24.1 Å². The van der Waals surface area contributed by atoms with E-state index in [2.05, 4.69) is 15.0 Å². The van der Waals surface area contributed by atoms with Gasteiger partial charge in [0.15, 0.2) is 5.78 Å². The first-order chi connectivity index (χ1) is 17.7. The Morgan fingerprint density at radius 3 is 2.43 bits per heavy atom. The maximum atomic E-state index is 13.4. The maximum Gasteiger partial charge on any atom is 0.416 e. The SMILES string of the molecule is C[C@H](CCC(=O)c1cnc2c(c1)c1cnccc1c(=O)n2-c1ccc(C(F)(F)F)cc1)c1ccccn1. The molecule has 0 saturated heterocycles. The van der Waals surface area contributed by atoms with Gasteiger partial charge in [0.25, 0.3) is 5.56 Å². The number of rotatable bonds is 6. The minimum atomic E-state index is -4.50. The third kappa shape index (κ3) is 4.72. The number of hydrogen-bond donors (Lipinski definition) is 0. The normalized spacial score (nSPS) is 12.6. The number of halogens is 3. The molecule has 1 atom stereocenters. The Balaban J connectivity index is 1.56. The predicted octanol–water partition coefficient (Wildman–Crippen LogP) is 6.11. The van der Waals surface area contributed by atoms with Crippen molar-refractivity contribution in [3.05, 3.63) is 107 Å². The molecule has 186 valence electrons. The minimum absolute atomic E-state index is 0.0912. The van der Waals surface area contributed by atoms with Crippen LogP contribution in [0.25, 0.3) is 27.5 Å². The largest absolute Gasteiger partial charge is 0.416 e. The number of fused-ring (bicyclic) bond motifs is 3. The van der Waals surface area contributed by atoms with E-state index in [1.165, 1.54) is 35.3 Å². The Morgan fingerprint density at radius 2 is 1.73 bits per heavy atom. The van der Waals surface area contributed by atoms with Gasteiger partial charge in [0.2, 0.25) is 0 Å². The lowest BCUT2D eigenvalue weighted by Crippen LogP contribution is -2.20. The van der Waals surface area contributed by atoms with Gasteiger partial charge in [0, 0.05) is 53.2 Å². The van der Waals surface area contributed by atoms with Crippen molar-refractivity contribution in [2.24, 2.45) is 0 Å². The van der Waals surface area contributed by atoms with Gasteiger partial charge in [-0.2, -0.15) is 13.2 Å². The molecule has 0 spiro atoms. The smallest absolute Gasteiger partial charge is 0.294 e. The van der Waals surface area contributed by atoms with Crippen molar-refractivity contribution in [2.45, 2.75) is 31.9 Å². The van der Waals surface area contributed by atoms with E-state index in [0.29, 0.717) is 28.1 Å². The van der Waals surface area contributed by atoms with E-state index < -0.39 is 17.3 Å². The number of alkyl halides is 3. The van der Waals surface area contributed by atoms with Gasteiger partial charge in [0.05, 0.1) is 16.6 Å². The van der Waals surface area contributed by atoms with Crippen LogP contribution in [0.2, 0.25) is 0 Å². The minimum Gasteiger partial charge on any atom is -0.294 e. The van der Waals surface area contributed by atoms with E-state index in [1.54, 1.807) is 18.3 Å². The molecule has 37 heavy (non-hydrogen) atoms. The van der Waals surface area contributed by atoms with E-state index in [0.717, 1.165) is 17.8 Å². The van der Waals surface area contributed by atoms with Crippen molar-refractivity contribution >= 4 is 27.6 Å². The molecule has 0 bridgehead atoms. The summed E-state index contributed by atoms with van der Waals surface area (Å²) in [4.78, 5) is 39.3. The number of pyridine rings is 4. The van der Waals surface area contributed by atoms with Crippen molar-refractivity contribution < 1.29 is 18.0 Å². The van der Waals surface area contributed by atoms with Gasteiger partial charge in [-0.15, -0.1) is 0 Å². The molecule has 4 heterocycles. The van der Waals surface area contributed by atoms with Crippen LogP contribution in [0.15, 0.2) is 84.2 Å². The van der Waals surface area contributed by atoms with Crippen LogP contribution in [-0.4, -0.2) is 25.3 Å². The Bertz CT molecular complexity index is 1660. The lowest BCUT2D eigenvalue weighted by Gasteiger charge is -2.14. The fourth-order valence-electron chi connectivity index (χ4n) is 4.34. The molecule has 0 fully saturated rings. The molecule has 0 aliphatic heterocycles. The molecule has 6 nitrogen and oxygen atoms in total. The summed E-state index contributed by atoms with van der Waals surface area (Å²) in [5.74, 6) is -0.0186.